The van der Waals surface area contributed by atoms with E-state index in [1.807, 2.05) is 13.8 Å². The summed E-state index contributed by atoms with van der Waals surface area (Å²) in [5.74, 6) is 0. The molecule has 0 aromatic rings. The maximum atomic E-state index is 9.25. The second-order valence-electron chi connectivity index (χ2n) is 4.86. The number of rotatable bonds is 9. The second kappa shape index (κ2) is 8.97. The molecule has 3 heteroatoms. The highest BCUT2D eigenvalue weighted by atomic mass is 16.3. The Bertz CT molecular complexity index is 154. The van der Waals surface area contributed by atoms with Gasteiger partial charge in [-0.05, 0) is 27.2 Å². The van der Waals surface area contributed by atoms with Gasteiger partial charge in [-0.2, -0.15) is 0 Å². The largest absolute Gasteiger partial charge is 0.395 e. The van der Waals surface area contributed by atoms with Crippen LogP contribution in [-0.4, -0.2) is 46.5 Å². The molecule has 0 spiro atoms. The molecule has 3 unspecified atom stereocenters. The molecule has 0 amide bonds. The van der Waals surface area contributed by atoms with E-state index < -0.39 is 0 Å². The molecular formula is C13H29NO2. The zero-order chi connectivity index (χ0) is 12.6. The molecule has 0 aliphatic carbocycles. The Labute approximate surface area is 100 Å². The minimum Gasteiger partial charge on any atom is -0.395 e. The minimum absolute atomic E-state index is 0.124. The van der Waals surface area contributed by atoms with Gasteiger partial charge in [0.15, 0.2) is 0 Å². The van der Waals surface area contributed by atoms with Crippen molar-refractivity contribution in [3.63, 3.8) is 0 Å². The second-order valence-corrected chi connectivity index (χ2v) is 4.86. The highest BCUT2D eigenvalue weighted by Gasteiger charge is 2.23. The molecule has 3 atom stereocenters. The third-order valence-electron chi connectivity index (χ3n) is 3.28. The highest BCUT2D eigenvalue weighted by Crippen LogP contribution is 2.16. The molecule has 0 radical (unpaired) electrons. The lowest BCUT2D eigenvalue weighted by Gasteiger charge is -2.38. The molecule has 0 aromatic carbocycles. The molecule has 0 bridgehead atoms. The van der Waals surface area contributed by atoms with Crippen LogP contribution in [-0.2, 0) is 0 Å². The normalized spacial score (nSPS) is 17.4. The number of hydrogen-bond donors (Lipinski definition) is 2. The van der Waals surface area contributed by atoms with Gasteiger partial charge in [-0.3, -0.25) is 4.90 Å². The third-order valence-corrected chi connectivity index (χ3v) is 3.28. The van der Waals surface area contributed by atoms with Crippen molar-refractivity contribution in [1.82, 2.24) is 4.90 Å². The molecule has 2 N–H and O–H groups in total. The molecule has 0 fully saturated rings. The van der Waals surface area contributed by atoms with Crippen molar-refractivity contribution in [2.45, 2.75) is 71.5 Å². The predicted octanol–water partition coefficient (Wildman–Crippen LogP) is 2.02. The molecule has 0 aliphatic rings. The average Bonchev–Trinajstić information content (AvgIpc) is 2.29. The third kappa shape index (κ3) is 5.28. The summed E-state index contributed by atoms with van der Waals surface area (Å²) in [6, 6.07) is 0.674. The Morgan fingerprint density at radius 3 is 1.75 bits per heavy atom. The standard InChI is InChI=1S/C13H29NO2/c1-5-6-7-8-11(2)14(12(3)9-15)13(4)10-16/h11-13,15-16H,5-10H2,1-4H3. The lowest BCUT2D eigenvalue weighted by molar-refractivity contribution is 0.0341. The Morgan fingerprint density at radius 1 is 0.875 bits per heavy atom. The predicted molar refractivity (Wildman–Crippen MR) is 68.5 cm³/mol. The van der Waals surface area contributed by atoms with Crippen molar-refractivity contribution in [1.29, 1.82) is 0 Å². The molecule has 0 saturated heterocycles. The lowest BCUT2D eigenvalue weighted by Crippen LogP contribution is -2.49. The van der Waals surface area contributed by atoms with Gasteiger partial charge < -0.3 is 10.2 Å². The van der Waals surface area contributed by atoms with Crippen LogP contribution < -0.4 is 0 Å². The van der Waals surface area contributed by atoms with Crippen LogP contribution in [0.5, 0.6) is 0 Å². The lowest BCUT2D eigenvalue weighted by atomic mass is 10.0. The number of aliphatic hydroxyl groups is 2. The highest BCUT2D eigenvalue weighted by molar-refractivity contribution is 4.78. The summed E-state index contributed by atoms with van der Waals surface area (Å²) < 4.78 is 0. The fraction of sp³-hybridized carbons (Fsp3) is 1.00. The fourth-order valence-corrected chi connectivity index (χ4v) is 2.33. The molecule has 0 aromatic heterocycles. The minimum atomic E-state index is 0.124. The molecule has 0 saturated carbocycles. The van der Waals surface area contributed by atoms with Crippen molar-refractivity contribution in [3.8, 4) is 0 Å². The van der Waals surface area contributed by atoms with Crippen LogP contribution in [0.3, 0.4) is 0 Å². The number of aliphatic hydroxyl groups excluding tert-OH is 2. The van der Waals surface area contributed by atoms with Crippen molar-refractivity contribution in [3.05, 3.63) is 0 Å². The van der Waals surface area contributed by atoms with Gasteiger partial charge in [0.25, 0.3) is 0 Å². The van der Waals surface area contributed by atoms with Crippen molar-refractivity contribution in [2.24, 2.45) is 0 Å². The summed E-state index contributed by atoms with van der Waals surface area (Å²) in [6.45, 7) is 8.74. The SMILES string of the molecule is CCCCCC(C)N(C(C)CO)C(C)CO. The van der Waals surface area contributed by atoms with E-state index in [0.717, 1.165) is 6.42 Å². The first-order valence-electron chi connectivity index (χ1n) is 6.57. The summed E-state index contributed by atoms with van der Waals surface area (Å²) in [5.41, 5.74) is 0. The van der Waals surface area contributed by atoms with E-state index in [-0.39, 0.29) is 25.3 Å². The van der Waals surface area contributed by atoms with E-state index in [1.165, 1.54) is 19.3 Å². The summed E-state index contributed by atoms with van der Waals surface area (Å²) >= 11 is 0. The van der Waals surface area contributed by atoms with E-state index in [4.69, 9.17) is 0 Å². The van der Waals surface area contributed by atoms with Crippen LogP contribution in [0.2, 0.25) is 0 Å². The zero-order valence-electron chi connectivity index (χ0n) is 11.3. The molecule has 98 valence electrons. The maximum Gasteiger partial charge on any atom is 0.0584 e. The Kier molecular flexibility index (Phi) is 8.90. The van der Waals surface area contributed by atoms with Gasteiger partial charge in [-0.1, -0.05) is 26.2 Å². The Hall–Kier alpha value is -0.120. The molecule has 0 rings (SSSR count). The van der Waals surface area contributed by atoms with Crippen LogP contribution in [0.4, 0.5) is 0 Å². The molecule has 3 nitrogen and oxygen atoms in total. The monoisotopic (exact) mass is 231 g/mol. The van der Waals surface area contributed by atoms with Crippen molar-refractivity contribution >= 4 is 0 Å². The van der Waals surface area contributed by atoms with Crippen LogP contribution in [0, 0.1) is 0 Å². The average molecular weight is 231 g/mol. The number of unbranched alkanes of at least 4 members (excludes halogenated alkanes) is 2. The zero-order valence-corrected chi connectivity index (χ0v) is 11.3. The first kappa shape index (κ1) is 15.9. The van der Waals surface area contributed by atoms with E-state index in [2.05, 4.69) is 18.7 Å². The molecule has 0 heterocycles. The van der Waals surface area contributed by atoms with Gasteiger partial charge in [-0.25, -0.2) is 0 Å². The molecular weight excluding hydrogens is 202 g/mol. The van der Waals surface area contributed by atoms with Crippen LogP contribution >= 0.6 is 0 Å². The van der Waals surface area contributed by atoms with Crippen molar-refractivity contribution < 1.29 is 10.2 Å². The summed E-state index contributed by atoms with van der Waals surface area (Å²) in [7, 11) is 0. The Balaban J connectivity index is 4.26. The van der Waals surface area contributed by atoms with E-state index >= 15 is 0 Å². The molecule has 16 heavy (non-hydrogen) atoms. The quantitative estimate of drug-likeness (QED) is 0.597. The Morgan fingerprint density at radius 2 is 1.38 bits per heavy atom. The first-order valence-corrected chi connectivity index (χ1v) is 6.57. The van der Waals surface area contributed by atoms with Crippen LogP contribution in [0.15, 0.2) is 0 Å². The molecule has 0 aliphatic heterocycles. The number of hydrogen-bond acceptors (Lipinski definition) is 3. The van der Waals surface area contributed by atoms with E-state index in [0.29, 0.717) is 6.04 Å². The van der Waals surface area contributed by atoms with Crippen molar-refractivity contribution in [2.75, 3.05) is 13.2 Å². The summed E-state index contributed by atoms with van der Waals surface area (Å²) in [6.07, 6.45) is 4.87. The topological polar surface area (TPSA) is 43.7 Å². The number of nitrogens with zero attached hydrogens (tertiary/aromatic N) is 1. The van der Waals surface area contributed by atoms with Gasteiger partial charge in [0.2, 0.25) is 0 Å². The summed E-state index contributed by atoms with van der Waals surface area (Å²) in [5, 5.41) is 18.5. The maximum absolute atomic E-state index is 9.25. The van der Waals surface area contributed by atoms with Gasteiger partial charge in [0.1, 0.15) is 0 Å². The van der Waals surface area contributed by atoms with Crippen LogP contribution in [0.25, 0.3) is 0 Å². The van der Waals surface area contributed by atoms with E-state index in [1.54, 1.807) is 0 Å². The smallest absolute Gasteiger partial charge is 0.0584 e. The van der Waals surface area contributed by atoms with Gasteiger partial charge in [0.05, 0.1) is 13.2 Å². The van der Waals surface area contributed by atoms with Gasteiger partial charge in [0, 0.05) is 18.1 Å². The first-order chi connectivity index (χ1) is 7.58. The van der Waals surface area contributed by atoms with Crippen LogP contribution in [0.1, 0.15) is 53.4 Å². The van der Waals surface area contributed by atoms with Gasteiger partial charge in [-0.15, -0.1) is 0 Å². The summed E-state index contributed by atoms with van der Waals surface area (Å²) in [4.78, 5) is 2.23. The fourth-order valence-electron chi connectivity index (χ4n) is 2.33. The van der Waals surface area contributed by atoms with Gasteiger partial charge >= 0.3 is 0 Å². The van der Waals surface area contributed by atoms with E-state index in [9.17, 15) is 10.2 Å².